The van der Waals surface area contributed by atoms with Crippen LogP contribution in [0.15, 0.2) is 46.9 Å². The van der Waals surface area contributed by atoms with E-state index in [9.17, 15) is 5.11 Å². The number of hydrogen-bond donors (Lipinski definition) is 2. The average Bonchev–Trinajstić information content (AvgIpc) is 2.48. The number of aliphatic hydroxyl groups is 1. The van der Waals surface area contributed by atoms with E-state index < -0.39 is 6.10 Å². The van der Waals surface area contributed by atoms with Gasteiger partial charge in [-0.05, 0) is 41.8 Å². The van der Waals surface area contributed by atoms with E-state index in [0.717, 1.165) is 26.9 Å². The Labute approximate surface area is 133 Å². The molecule has 3 nitrogen and oxygen atoms in total. The first kappa shape index (κ1) is 16.0. The summed E-state index contributed by atoms with van der Waals surface area (Å²) in [4.78, 5) is 0. The van der Waals surface area contributed by atoms with Crippen LogP contribution in [0, 0.1) is 6.92 Å². The number of nitrogens with two attached hydrogens (primary N) is 1. The third-order valence-corrected chi connectivity index (χ3v) is 4.34. The van der Waals surface area contributed by atoms with Gasteiger partial charge < -0.3 is 15.6 Å². The summed E-state index contributed by atoms with van der Waals surface area (Å²) in [6, 6.07) is 13.6. The fourth-order valence-corrected chi connectivity index (χ4v) is 3.11. The number of aryl methyl sites for hydroxylation is 1. The maximum atomic E-state index is 10.7. The van der Waals surface area contributed by atoms with Gasteiger partial charge >= 0.3 is 0 Å². The van der Waals surface area contributed by atoms with Crippen molar-refractivity contribution in [1.29, 1.82) is 0 Å². The van der Waals surface area contributed by atoms with Gasteiger partial charge in [0.1, 0.15) is 5.75 Å². The lowest BCUT2D eigenvalue weighted by Gasteiger charge is -2.23. The zero-order chi connectivity index (χ0) is 15.4. The van der Waals surface area contributed by atoms with E-state index in [4.69, 9.17) is 10.5 Å². The smallest absolute Gasteiger partial charge is 0.118 e. The monoisotopic (exact) mass is 349 g/mol. The highest BCUT2D eigenvalue weighted by molar-refractivity contribution is 9.10. The summed E-state index contributed by atoms with van der Waals surface area (Å²) < 4.78 is 6.06. The van der Waals surface area contributed by atoms with Crippen molar-refractivity contribution in [3.8, 4) is 5.75 Å². The lowest BCUT2D eigenvalue weighted by Crippen LogP contribution is -2.20. The molecule has 0 spiro atoms. The molecule has 3 N–H and O–H groups in total. The minimum atomic E-state index is -0.654. The largest absolute Gasteiger partial charge is 0.497 e. The molecular formula is C17H20BrNO2. The van der Waals surface area contributed by atoms with Crippen molar-refractivity contribution >= 4 is 15.9 Å². The zero-order valence-corrected chi connectivity index (χ0v) is 13.8. The summed E-state index contributed by atoms with van der Waals surface area (Å²) in [5, 5.41) is 10.7. The number of benzene rings is 2. The zero-order valence-electron chi connectivity index (χ0n) is 12.2. The molecule has 21 heavy (non-hydrogen) atoms. The quantitative estimate of drug-likeness (QED) is 0.867. The highest BCUT2D eigenvalue weighted by Gasteiger charge is 2.23. The molecule has 0 aliphatic heterocycles. The highest BCUT2D eigenvalue weighted by atomic mass is 79.9. The van der Waals surface area contributed by atoms with Gasteiger partial charge in [-0.1, -0.05) is 40.2 Å². The molecule has 0 radical (unpaired) electrons. The van der Waals surface area contributed by atoms with E-state index in [0.29, 0.717) is 6.54 Å². The molecule has 0 saturated heterocycles. The van der Waals surface area contributed by atoms with Crippen molar-refractivity contribution in [1.82, 2.24) is 0 Å². The van der Waals surface area contributed by atoms with E-state index in [1.165, 1.54) is 0 Å². The van der Waals surface area contributed by atoms with E-state index in [-0.39, 0.29) is 5.92 Å². The van der Waals surface area contributed by atoms with Crippen LogP contribution >= 0.6 is 15.9 Å². The lowest BCUT2D eigenvalue weighted by molar-refractivity contribution is 0.146. The van der Waals surface area contributed by atoms with E-state index in [1.807, 2.05) is 49.4 Å². The summed E-state index contributed by atoms with van der Waals surface area (Å²) in [6.45, 7) is 2.39. The van der Waals surface area contributed by atoms with Gasteiger partial charge in [-0.2, -0.15) is 0 Å². The number of aliphatic hydroxyl groups excluding tert-OH is 1. The molecule has 4 heteroatoms. The van der Waals surface area contributed by atoms with Crippen LogP contribution in [0.3, 0.4) is 0 Å². The first-order valence-corrected chi connectivity index (χ1v) is 7.64. The molecular weight excluding hydrogens is 330 g/mol. The lowest BCUT2D eigenvalue weighted by atomic mass is 9.89. The number of halogens is 1. The Bertz CT molecular complexity index is 598. The van der Waals surface area contributed by atoms with Crippen LogP contribution < -0.4 is 10.5 Å². The second kappa shape index (κ2) is 7.07. The summed E-state index contributed by atoms with van der Waals surface area (Å²) in [7, 11) is 1.63. The summed E-state index contributed by atoms with van der Waals surface area (Å²) in [5.41, 5.74) is 8.88. The van der Waals surface area contributed by atoms with Crippen molar-refractivity contribution < 1.29 is 9.84 Å². The molecule has 0 saturated carbocycles. The van der Waals surface area contributed by atoms with Crippen molar-refractivity contribution in [2.45, 2.75) is 18.9 Å². The van der Waals surface area contributed by atoms with Crippen LogP contribution in [-0.4, -0.2) is 18.8 Å². The molecule has 0 bridgehead atoms. The van der Waals surface area contributed by atoms with Crippen molar-refractivity contribution in [2.75, 3.05) is 13.7 Å². The Hall–Kier alpha value is -1.36. The van der Waals surface area contributed by atoms with Gasteiger partial charge in [0.2, 0.25) is 0 Å². The summed E-state index contributed by atoms with van der Waals surface area (Å²) in [6.07, 6.45) is -0.654. The minimum Gasteiger partial charge on any atom is -0.497 e. The number of rotatable bonds is 5. The van der Waals surface area contributed by atoms with Gasteiger partial charge in [0.15, 0.2) is 0 Å². The van der Waals surface area contributed by atoms with E-state index in [2.05, 4.69) is 15.9 Å². The second-order valence-electron chi connectivity index (χ2n) is 5.09. The van der Waals surface area contributed by atoms with Gasteiger partial charge in [0.25, 0.3) is 0 Å². The first-order valence-electron chi connectivity index (χ1n) is 6.85. The Kier molecular flexibility index (Phi) is 5.39. The normalized spacial score (nSPS) is 13.8. The topological polar surface area (TPSA) is 55.5 Å². The Balaban J connectivity index is 2.30. The van der Waals surface area contributed by atoms with Gasteiger partial charge in [-0.3, -0.25) is 0 Å². The van der Waals surface area contributed by atoms with E-state index >= 15 is 0 Å². The standard InChI is InChI=1S/C17H20BrNO2/c1-11-3-8-14(16(18)9-11)17(20)15(10-19)12-4-6-13(21-2)7-5-12/h3-9,15,17,20H,10,19H2,1-2H3. The first-order chi connectivity index (χ1) is 10.1. The van der Waals surface area contributed by atoms with Crippen LogP contribution in [0.4, 0.5) is 0 Å². The van der Waals surface area contributed by atoms with Crippen molar-refractivity contribution in [3.63, 3.8) is 0 Å². The van der Waals surface area contributed by atoms with Crippen LogP contribution in [-0.2, 0) is 0 Å². The van der Waals surface area contributed by atoms with Gasteiger partial charge in [-0.15, -0.1) is 0 Å². The van der Waals surface area contributed by atoms with E-state index in [1.54, 1.807) is 7.11 Å². The van der Waals surface area contributed by atoms with Crippen LogP contribution in [0.2, 0.25) is 0 Å². The maximum absolute atomic E-state index is 10.7. The van der Waals surface area contributed by atoms with Crippen LogP contribution in [0.1, 0.15) is 28.7 Å². The average molecular weight is 350 g/mol. The third kappa shape index (κ3) is 3.64. The van der Waals surface area contributed by atoms with Gasteiger partial charge in [0, 0.05) is 16.9 Å². The molecule has 112 valence electrons. The van der Waals surface area contributed by atoms with Gasteiger partial charge in [-0.25, -0.2) is 0 Å². The molecule has 2 rings (SSSR count). The molecule has 2 atom stereocenters. The minimum absolute atomic E-state index is 0.157. The molecule has 0 amide bonds. The molecule has 0 heterocycles. The molecule has 2 aromatic carbocycles. The van der Waals surface area contributed by atoms with Gasteiger partial charge in [0.05, 0.1) is 13.2 Å². The third-order valence-electron chi connectivity index (χ3n) is 3.65. The molecule has 2 unspecified atom stereocenters. The highest BCUT2D eigenvalue weighted by Crippen LogP contribution is 2.35. The number of ether oxygens (including phenoxy) is 1. The summed E-state index contributed by atoms with van der Waals surface area (Å²) in [5.74, 6) is 0.635. The maximum Gasteiger partial charge on any atom is 0.118 e. The van der Waals surface area contributed by atoms with Crippen molar-refractivity contribution in [3.05, 3.63) is 63.6 Å². The fraction of sp³-hybridized carbons (Fsp3) is 0.294. The Morgan fingerprint density at radius 1 is 1.19 bits per heavy atom. The Morgan fingerprint density at radius 2 is 1.86 bits per heavy atom. The second-order valence-corrected chi connectivity index (χ2v) is 5.94. The van der Waals surface area contributed by atoms with Crippen LogP contribution in [0.5, 0.6) is 5.75 Å². The Morgan fingerprint density at radius 3 is 2.38 bits per heavy atom. The molecule has 0 aliphatic rings. The molecule has 2 aromatic rings. The number of hydrogen-bond acceptors (Lipinski definition) is 3. The molecule has 0 aromatic heterocycles. The van der Waals surface area contributed by atoms with Crippen LogP contribution in [0.25, 0.3) is 0 Å². The van der Waals surface area contributed by atoms with Crippen molar-refractivity contribution in [2.24, 2.45) is 5.73 Å². The molecule has 0 aliphatic carbocycles. The predicted molar refractivity (Wildman–Crippen MR) is 88.6 cm³/mol. The predicted octanol–water partition coefficient (Wildman–Crippen LogP) is 3.54. The summed E-state index contributed by atoms with van der Waals surface area (Å²) >= 11 is 3.52. The number of methoxy groups -OCH3 is 1. The SMILES string of the molecule is COc1ccc(C(CN)C(O)c2ccc(C)cc2Br)cc1. The molecule has 0 fully saturated rings. The fourth-order valence-electron chi connectivity index (χ4n) is 2.39.